The highest BCUT2D eigenvalue weighted by molar-refractivity contribution is 5.71. The zero-order chi connectivity index (χ0) is 12.4. The zero-order valence-electron chi connectivity index (χ0n) is 9.25. The third-order valence-electron chi connectivity index (χ3n) is 2.38. The normalized spacial score (nSPS) is 10.2. The van der Waals surface area contributed by atoms with E-state index in [1.54, 1.807) is 6.07 Å². The second-order valence-electron chi connectivity index (χ2n) is 3.73. The van der Waals surface area contributed by atoms with E-state index in [1.165, 1.54) is 12.1 Å². The number of pyridine rings is 1. The Morgan fingerprint density at radius 1 is 1.29 bits per heavy atom. The quantitative estimate of drug-likeness (QED) is 0.633. The number of aryl methyl sites for hydroxylation is 1. The van der Waals surface area contributed by atoms with E-state index in [-0.39, 0.29) is 11.5 Å². The van der Waals surface area contributed by atoms with Gasteiger partial charge in [-0.2, -0.15) is 0 Å². The van der Waals surface area contributed by atoms with Gasteiger partial charge in [0.05, 0.1) is 4.92 Å². The molecule has 17 heavy (non-hydrogen) atoms. The van der Waals surface area contributed by atoms with Gasteiger partial charge in [0.15, 0.2) is 5.69 Å². The van der Waals surface area contributed by atoms with E-state index in [0.717, 1.165) is 5.56 Å². The Bertz CT molecular complexity index is 582. The Hall–Kier alpha value is -2.43. The summed E-state index contributed by atoms with van der Waals surface area (Å²) in [6, 6.07) is 10.2. The van der Waals surface area contributed by atoms with E-state index in [2.05, 4.69) is 4.98 Å². The van der Waals surface area contributed by atoms with E-state index in [1.807, 2.05) is 25.1 Å². The van der Waals surface area contributed by atoms with Gasteiger partial charge in [0, 0.05) is 11.6 Å². The molecular formula is C12H11N3O2. The lowest BCUT2D eigenvalue weighted by Crippen LogP contribution is -1.98. The van der Waals surface area contributed by atoms with Crippen LogP contribution >= 0.6 is 0 Å². The highest BCUT2D eigenvalue weighted by Crippen LogP contribution is 2.28. The molecule has 0 bridgehead atoms. The highest BCUT2D eigenvalue weighted by Gasteiger charge is 2.16. The standard InChI is InChI=1S/C12H11N3O2/c1-8-3-2-4-9(7-8)12-10(15(16)17)5-6-11(13)14-12/h2-7H,1H3,(H2,13,14). The molecule has 1 aromatic carbocycles. The molecule has 0 aliphatic rings. The smallest absolute Gasteiger partial charge is 0.295 e. The van der Waals surface area contributed by atoms with Crippen LogP contribution in [0.15, 0.2) is 36.4 Å². The molecule has 1 aromatic heterocycles. The van der Waals surface area contributed by atoms with Crippen molar-refractivity contribution in [1.29, 1.82) is 0 Å². The maximum Gasteiger partial charge on any atom is 0.295 e. The summed E-state index contributed by atoms with van der Waals surface area (Å²) in [5.41, 5.74) is 7.55. The Balaban J connectivity index is 2.65. The minimum atomic E-state index is -0.454. The summed E-state index contributed by atoms with van der Waals surface area (Å²) in [4.78, 5) is 14.5. The summed E-state index contributed by atoms with van der Waals surface area (Å²) in [6.45, 7) is 1.92. The van der Waals surface area contributed by atoms with E-state index < -0.39 is 4.92 Å². The van der Waals surface area contributed by atoms with Crippen molar-refractivity contribution in [3.63, 3.8) is 0 Å². The molecule has 2 rings (SSSR count). The fourth-order valence-electron chi connectivity index (χ4n) is 1.62. The van der Waals surface area contributed by atoms with Gasteiger partial charge in [-0.1, -0.05) is 23.8 Å². The number of rotatable bonds is 2. The maximum atomic E-state index is 10.9. The Morgan fingerprint density at radius 3 is 2.71 bits per heavy atom. The molecule has 2 N–H and O–H groups in total. The molecule has 0 atom stereocenters. The molecule has 2 aromatic rings. The number of nitro groups is 1. The van der Waals surface area contributed by atoms with E-state index in [9.17, 15) is 10.1 Å². The first-order valence-electron chi connectivity index (χ1n) is 5.06. The maximum absolute atomic E-state index is 10.9. The van der Waals surface area contributed by atoms with Gasteiger partial charge < -0.3 is 5.73 Å². The molecule has 0 unspecified atom stereocenters. The molecule has 0 fully saturated rings. The predicted octanol–water partition coefficient (Wildman–Crippen LogP) is 2.55. The predicted molar refractivity (Wildman–Crippen MR) is 65.5 cm³/mol. The molecular weight excluding hydrogens is 218 g/mol. The number of benzene rings is 1. The fourth-order valence-corrected chi connectivity index (χ4v) is 1.62. The minimum absolute atomic E-state index is 0.0372. The third-order valence-corrected chi connectivity index (χ3v) is 2.38. The average Bonchev–Trinajstić information content (AvgIpc) is 2.28. The van der Waals surface area contributed by atoms with Crippen LogP contribution in [0.3, 0.4) is 0 Å². The number of anilines is 1. The topological polar surface area (TPSA) is 82.0 Å². The van der Waals surface area contributed by atoms with E-state index in [4.69, 9.17) is 5.73 Å². The van der Waals surface area contributed by atoms with Crippen LogP contribution in [-0.4, -0.2) is 9.91 Å². The third kappa shape index (κ3) is 2.23. The van der Waals surface area contributed by atoms with Crippen LogP contribution in [0.4, 0.5) is 11.5 Å². The molecule has 1 heterocycles. The number of hydrogen-bond acceptors (Lipinski definition) is 4. The monoisotopic (exact) mass is 229 g/mol. The van der Waals surface area contributed by atoms with Crippen molar-refractivity contribution >= 4 is 11.5 Å². The number of aromatic nitrogens is 1. The molecule has 0 saturated carbocycles. The van der Waals surface area contributed by atoms with Gasteiger partial charge in [0.2, 0.25) is 0 Å². The molecule has 5 nitrogen and oxygen atoms in total. The Morgan fingerprint density at radius 2 is 2.06 bits per heavy atom. The zero-order valence-corrected chi connectivity index (χ0v) is 9.25. The molecule has 0 amide bonds. The summed E-state index contributed by atoms with van der Waals surface area (Å²) in [7, 11) is 0. The van der Waals surface area contributed by atoms with Crippen LogP contribution in [0.1, 0.15) is 5.56 Å². The molecule has 5 heteroatoms. The number of nitrogens with zero attached hydrogens (tertiary/aromatic N) is 2. The lowest BCUT2D eigenvalue weighted by Gasteiger charge is -2.04. The average molecular weight is 229 g/mol. The van der Waals surface area contributed by atoms with Crippen LogP contribution in [0.25, 0.3) is 11.3 Å². The number of nitrogens with two attached hydrogens (primary N) is 1. The highest BCUT2D eigenvalue weighted by atomic mass is 16.6. The first-order chi connectivity index (χ1) is 8.08. The van der Waals surface area contributed by atoms with Crippen molar-refractivity contribution in [1.82, 2.24) is 4.98 Å². The first-order valence-corrected chi connectivity index (χ1v) is 5.06. The van der Waals surface area contributed by atoms with Gasteiger partial charge in [0.25, 0.3) is 5.69 Å². The SMILES string of the molecule is Cc1cccc(-c2nc(N)ccc2[N+](=O)[O-])c1. The van der Waals surface area contributed by atoms with Crippen molar-refractivity contribution < 1.29 is 4.92 Å². The van der Waals surface area contributed by atoms with Crippen LogP contribution in [0, 0.1) is 17.0 Å². The van der Waals surface area contributed by atoms with E-state index >= 15 is 0 Å². The number of hydrogen-bond donors (Lipinski definition) is 1. The van der Waals surface area contributed by atoms with Gasteiger partial charge >= 0.3 is 0 Å². The molecule has 0 saturated heterocycles. The largest absolute Gasteiger partial charge is 0.384 e. The minimum Gasteiger partial charge on any atom is -0.384 e. The van der Waals surface area contributed by atoms with Gasteiger partial charge in [-0.3, -0.25) is 10.1 Å². The summed E-state index contributed by atoms with van der Waals surface area (Å²) in [6.07, 6.45) is 0. The molecule has 0 radical (unpaired) electrons. The molecule has 0 spiro atoms. The van der Waals surface area contributed by atoms with Gasteiger partial charge in [0.1, 0.15) is 5.82 Å². The van der Waals surface area contributed by atoms with Crippen LogP contribution in [-0.2, 0) is 0 Å². The molecule has 0 aliphatic heterocycles. The van der Waals surface area contributed by atoms with Gasteiger partial charge in [-0.15, -0.1) is 0 Å². The first kappa shape index (κ1) is 11.1. The Kier molecular flexibility index (Phi) is 2.74. The van der Waals surface area contributed by atoms with Crippen molar-refractivity contribution in [2.75, 3.05) is 5.73 Å². The van der Waals surface area contributed by atoms with Crippen molar-refractivity contribution in [2.45, 2.75) is 6.92 Å². The fraction of sp³-hybridized carbons (Fsp3) is 0.0833. The lowest BCUT2D eigenvalue weighted by molar-refractivity contribution is -0.384. The van der Waals surface area contributed by atoms with Crippen LogP contribution in [0.5, 0.6) is 0 Å². The summed E-state index contributed by atoms with van der Waals surface area (Å²) >= 11 is 0. The van der Waals surface area contributed by atoms with Crippen molar-refractivity contribution in [3.8, 4) is 11.3 Å². The molecule has 86 valence electrons. The lowest BCUT2D eigenvalue weighted by atomic mass is 10.1. The molecule has 0 aliphatic carbocycles. The second kappa shape index (κ2) is 4.21. The van der Waals surface area contributed by atoms with Gasteiger partial charge in [-0.05, 0) is 19.1 Å². The summed E-state index contributed by atoms with van der Waals surface area (Å²) in [5, 5.41) is 10.9. The van der Waals surface area contributed by atoms with Crippen LogP contribution in [0.2, 0.25) is 0 Å². The van der Waals surface area contributed by atoms with Crippen molar-refractivity contribution in [2.24, 2.45) is 0 Å². The number of nitrogen functional groups attached to an aromatic ring is 1. The van der Waals surface area contributed by atoms with Gasteiger partial charge in [-0.25, -0.2) is 4.98 Å². The van der Waals surface area contributed by atoms with Crippen LogP contribution < -0.4 is 5.73 Å². The second-order valence-corrected chi connectivity index (χ2v) is 3.73. The Labute approximate surface area is 98.1 Å². The van der Waals surface area contributed by atoms with E-state index in [0.29, 0.717) is 11.3 Å². The summed E-state index contributed by atoms with van der Waals surface area (Å²) in [5.74, 6) is 0.270. The summed E-state index contributed by atoms with van der Waals surface area (Å²) < 4.78 is 0. The van der Waals surface area contributed by atoms with Crippen molar-refractivity contribution in [3.05, 3.63) is 52.1 Å².